The zero-order chi connectivity index (χ0) is 19.8. The summed E-state index contributed by atoms with van der Waals surface area (Å²) in [5.74, 6) is 0.722. The standard InChI is InChI=1S/C22H27FN4O.HI/c1-2-24-22(25-14-13-18-6-3-4-7-20(18)23)26-16-17-9-11-19(12-10-17)27-15-5-8-21(27)28;/h3-4,6-7,9-12H,2,5,8,13-16H2,1H3,(H2,24,25,26);1H. The van der Waals surface area contributed by atoms with E-state index < -0.39 is 0 Å². The quantitative estimate of drug-likeness (QED) is 0.338. The van der Waals surface area contributed by atoms with E-state index in [0.717, 1.165) is 30.8 Å². The molecule has 0 unspecified atom stereocenters. The predicted octanol–water partition coefficient (Wildman–Crippen LogP) is 3.87. The molecule has 2 aromatic rings. The molecule has 0 aromatic heterocycles. The van der Waals surface area contributed by atoms with Crippen molar-refractivity contribution in [3.8, 4) is 0 Å². The fourth-order valence-corrected chi connectivity index (χ4v) is 3.23. The summed E-state index contributed by atoms with van der Waals surface area (Å²) in [5, 5.41) is 6.46. The molecular formula is C22H28FIN4O. The summed E-state index contributed by atoms with van der Waals surface area (Å²) in [6, 6.07) is 14.8. The highest BCUT2D eigenvalue weighted by molar-refractivity contribution is 14.0. The van der Waals surface area contributed by atoms with Crippen LogP contribution in [0.1, 0.15) is 30.9 Å². The van der Waals surface area contributed by atoms with E-state index in [1.165, 1.54) is 6.07 Å². The fraction of sp³-hybridized carbons (Fsp3) is 0.364. The average Bonchev–Trinajstić information content (AvgIpc) is 3.14. The Balaban J connectivity index is 0.00000300. The minimum absolute atomic E-state index is 0. The smallest absolute Gasteiger partial charge is 0.227 e. The van der Waals surface area contributed by atoms with Crippen LogP contribution >= 0.6 is 24.0 Å². The summed E-state index contributed by atoms with van der Waals surface area (Å²) in [7, 11) is 0. The maximum absolute atomic E-state index is 13.7. The largest absolute Gasteiger partial charge is 0.357 e. The van der Waals surface area contributed by atoms with Crippen molar-refractivity contribution in [3.05, 3.63) is 65.5 Å². The lowest BCUT2D eigenvalue weighted by Crippen LogP contribution is -2.38. The third kappa shape index (κ3) is 6.69. The number of amides is 1. The molecule has 2 aromatic carbocycles. The first-order chi connectivity index (χ1) is 13.7. The molecule has 0 bridgehead atoms. The van der Waals surface area contributed by atoms with Gasteiger partial charge in [0.2, 0.25) is 5.91 Å². The van der Waals surface area contributed by atoms with Gasteiger partial charge in [0.05, 0.1) is 6.54 Å². The second-order valence-corrected chi connectivity index (χ2v) is 6.78. The van der Waals surface area contributed by atoms with E-state index in [1.807, 2.05) is 42.2 Å². The molecule has 3 rings (SSSR count). The first-order valence-corrected chi connectivity index (χ1v) is 9.82. The van der Waals surface area contributed by atoms with Gasteiger partial charge in [-0.1, -0.05) is 30.3 Å². The molecule has 29 heavy (non-hydrogen) atoms. The van der Waals surface area contributed by atoms with E-state index in [0.29, 0.717) is 37.5 Å². The van der Waals surface area contributed by atoms with Crippen molar-refractivity contribution in [1.29, 1.82) is 0 Å². The lowest BCUT2D eigenvalue weighted by atomic mass is 10.1. The number of benzene rings is 2. The predicted molar refractivity (Wildman–Crippen MR) is 126 cm³/mol. The Morgan fingerprint density at radius 3 is 2.55 bits per heavy atom. The maximum atomic E-state index is 13.7. The topological polar surface area (TPSA) is 56.7 Å². The number of carbonyl (C=O) groups excluding carboxylic acids is 1. The molecular weight excluding hydrogens is 482 g/mol. The summed E-state index contributed by atoms with van der Waals surface area (Å²) >= 11 is 0. The van der Waals surface area contributed by atoms with Crippen molar-refractivity contribution in [2.75, 3.05) is 24.5 Å². The van der Waals surface area contributed by atoms with Crippen LogP contribution in [-0.4, -0.2) is 31.5 Å². The molecule has 1 amide bonds. The summed E-state index contributed by atoms with van der Waals surface area (Å²) in [4.78, 5) is 18.3. The molecule has 0 saturated carbocycles. The van der Waals surface area contributed by atoms with Crippen LogP contribution in [0.2, 0.25) is 0 Å². The number of nitrogens with zero attached hydrogens (tertiary/aromatic N) is 2. The molecule has 0 aliphatic carbocycles. The Morgan fingerprint density at radius 2 is 1.90 bits per heavy atom. The number of hydrogen-bond acceptors (Lipinski definition) is 2. The number of anilines is 1. The van der Waals surface area contributed by atoms with Crippen LogP contribution in [0.4, 0.5) is 10.1 Å². The Bertz CT molecular complexity index is 826. The highest BCUT2D eigenvalue weighted by Crippen LogP contribution is 2.21. The van der Waals surface area contributed by atoms with Crippen molar-refractivity contribution < 1.29 is 9.18 Å². The van der Waals surface area contributed by atoms with Gasteiger partial charge in [0.25, 0.3) is 0 Å². The van der Waals surface area contributed by atoms with Crippen LogP contribution in [0.25, 0.3) is 0 Å². The van der Waals surface area contributed by atoms with Crippen LogP contribution in [0.3, 0.4) is 0 Å². The number of aliphatic imine (C=N–C) groups is 1. The van der Waals surface area contributed by atoms with E-state index in [4.69, 9.17) is 0 Å². The number of halogens is 2. The van der Waals surface area contributed by atoms with Gasteiger partial charge in [0, 0.05) is 31.7 Å². The van der Waals surface area contributed by atoms with E-state index in [2.05, 4.69) is 15.6 Å². The highest BCUT2D eigenvalue weighted by Gasteiger charge is 2.21. The van der Waals surface area contributed by atoms with Crippen LogP contribution in [0, 0.1) is 5.82 Å². The third-order valence-corrected chi connectivity index (χ3v) is 4.73. The summed E-state index contributed by atoms with van der Waals surface area (Å²) in [6.45, 7) is 4.69. The second kappa shape index (κ2) is 11.7. The third-order valence-electron chi connectivity index (χ3n) is 4.73. The fourth-order valence-electron chi connectivity index (χ4n) is 3.23. The lowest BCUT2D eigenvalue weighted by molar-refractivity contribution is -0.117. The van der Waals surface area contributed by atoms with Crippen LogP contribution in [0.15, 0.2) is 53.5 Å². The molecule has 7 heteroatoms. The SMILES string of the molecule is CCNC(=NCc1ccc(N2CCCC2=O)cc1)NCCc1ccccc1F.I. The van der Waals surface area contributed by atoms with Crippen LogP contribution < -0.4 is 15.5 Å². The van der Waals surface area contributed by atoms with Crippen molar-refractivity contribution in [1.82, 2.24) is 10.6 Å². The van der Waals surface area contributed by atoms with Crippen molar-refractivity contribution >= 4 is 41.5 Å². The van der Waals surface area contributed by atoms with Gasteiger partial charge in [0.15, 0.2) is 5.96 Å². The van der Waals surface area contributed by atoms with E-state index >= 15 is 0 Å². The van der Waals surface area contributed by atoms with Gasteiger partial charge >= 0.3 is 0 Å². The monoisotopic (exact) mass is 510 g/mol. The minimum Gasteiger partial charge on any atom is -0.357 e. The van der Waals surface area contributed by atoms with Gasteiger partial charge in [0.1, 0.15) is 5.82 Å². The molecule has 0 spiro atoms. The van der Waals surface area contributed by atoms with E-state index in [1.54, 1.807) is 12.1 Å². The van der Waals surface area contributed by atoms with Gasteiger partial charge in [-0.25, -0.2) is 9.38 Å². The lowest BCUT2D eigenvalue weighted by Gasteiger charge is -2.16. The zero-order valence-electron chi connectivity index (χ0n) is 16.7. The summed E-state index contributed by atoms with van der Waals surface area (Å²) in [6.07, 6.45) is 2.15. The maximum Gasteiger partial charge on any atom is 0.227 e. The zero-order valence-corrected chi connectivity index (χ0v) is 19.0. The number of rotatable bonds is 7. The molecule has 1 aliphatic heterocycles. The molecule has 1 fully saturated rings. The summed E-state index contributed by atoms with van der Waals surface area (Å²) in [5.41, 5.74) is 2.71. The molecule has 5 nitrogen and oxygen atoms in total. The first kappa shape index (κ1) is 23.1. The number of hydrogen-bond donors (Lipinski definition) is 2. The van der Waals surface area contributed by atoms with E-state index in [-0.39, 0.29) is 35.7 Å². The van der Waals surface area contributed by atoms with Gasteiger partial charge in [-0.2, -0.15) is 0 Å². The van der Waals surface area contributed by atoms with Crippen molar-refractivity contribution in [3.63, 3.8) is 0 Å². The molecule has 0 atom stereocenters. The second-order valence-electron chi connectivity index (χ2n) is 6.78. The summed E-state index contributed by atoms with van der Waals surface area (Å²) < 4.78 is 13.7. The van der Waals surface area contributed by atoms with E-state index in [9.17, 15) is 9.18 Å². The first-order valence-electron chi connectivity index (χ1n) is 9.82. The van der Waals surface area contributed by atoms with Crippen molar-refractivity contribution in [2.24, 2.45) is 4.99 Å². The van der Waals surface area contributed by atoms with Crippen LogP contribution in [0.5, 0.6) is 0 Å². The van der Waals surface area contributed by atoms with Crippen molar-refractivity contribution in [2.45, 2.75) is 32.7 Å². The Labute approximate surface area is 188 Å². The highest BCUT2D eigenvalue weighted by atomic mass is 127. The van der Waals surface area contributed by atoms with Gasteiger partial charge in [-0.05, 0) is 49.1 Å². The normalized spacial score (nSPS) is 13.9. The molecule has 1 aliphatic rings. The molecule has 2 N–H and O–H groups in total. The molecule has 1 heterocycles. The minimum atomic E-state index is -0.178. The van der Waals surface area contributed by atoms with Crippen LogP contribution in [-0.2, 0) is 17.8 Å². The Morgan fingerprint density at radius 1 is 1.14 bits per heavy atom. The Kier molecular flexibility index (Phi) is 9.37. The molecule has 1 saturated heterocycles. The van der Waals surface area contributed by atoms with Gasteiger partial charge < -0.3 is 15.5 Å². The molecule has 0 radical (unpaired) electrons. The average molecular weight is 510 g/mol. The van der Waals surface area contributed by atoms with Gasteiger partial charge in [-0.3, -0.25) is 4.79 Å². The van der Waals surface area contributed by atoms with Gasteiger partial charge in [-0.15, -0.1) is 24.0 Å². The number of nitrogens with one attached hydrogen (secondary N) is 2. The Hall–Kier alpha value is -2.16. The molecule has 156 valence electrons. The number of guanidine groups is 1. The number of carbonyl (C=O) groups is 1.